The summed E-state index contributed by atoms with van der Waals surface area (Å²) in [4.78, 5) is 58.7. The number of aliphatic carboxylic acids is 1. The average Bonchev–Trinajstić information content (AvgIpc) is 3.12. The van der Waals surface area contributed by atoms with E-state index in [0.29, 0.717) is 25.7 Å². The standard InChI is InChI=1S/C39H54O6/c1-21(2)27-28(40)31(42)38-19-14-23(4)25(39(38,30(27)41)32(43)29-34(5,6)15-10-18-37(29,38)9)20-24-22(3)12-13-26-35(24,7)16-11-17-36(26,8)33(44)45/h14,21,24-26,29,40H,3,10-13,15-20H2,1-2,4-9H3,(H,44,45)/t24-,25-,26+,29-,35+,36+,37-,38-,39+/m0/s1. The largest absolute Gasteiger partial charge is 0.504 e. The van der Waals surface area contributed by atoms with Crippen molar-refractivity contribution in [2.45, 2.75) is 120 Å². The Balaban J connectivity index is 1.61. The summed E-state index contributed by atoms with van der Waals surface area (Å²) in [5, 5.41) is 22.1. The predicted octanol–water partition coefficient (Wildman–Crippen LogP) is 8.21. The number of fused-ring (bicyclic) bond motifs is 2. The number of carboxylic acids is 1. The van der Waals surface area contributed by atoms with Gasteiger partial charge in [0.25, 0.3) is 0 Å². The molecule has 4 fully saturated rings. The van der Waals surface area contributed by atoms with Gasteiger partial charge in [0.15, 0.2) is 17.3 Å². The number of aliphatic hydroxyl groups is 1. The number of carbonyl (C=O) groups excluding carboxylic acids is 3. The van der Waals surface area contributed by atoms with E-state index in [1.165, 1.54) is 0 Å². The summed E-state index contributed by atoms with van der Waals surface area (Å²) >= 11 is 0. The fraction of sp³-hybridized carbons (Fsp3) is 0.744. The lowest BCUT2D eigenvalue weighted by Gasteiger charge is -2.61. The fourth-order valence-corrected chi connectivity index (χ4v) is 13.1. The maximum absolute atomic E-state index is 15.6. The van der Waals surface area contributed by atoms with Crippen LogP contribution in [0.4, 0.5) is 0 Å². The summed E-state index contributed by atoms with van der Waals surface area (Å²) in [5.74, 6) is -3.65. The van der Waals surface area contributed by atoms with Crippen molar-refractivity contribution in [1.29, 1.82) is 0 Å². The molecular weight excluding hydrogens is 564 g/mol. The molecule has 6 aliphatic rings. The van der Waals surface area contributed by atoms with E-state index in [2.05, 4.69) is 40.3 Å². The van der Waals surface area contributed by atoms with Crippen LogP contribution in [-0.4, -0.2) is 33.5 Å². The van der Waals surface area contributed by atoms with Crippen LogP contribution in [-0.2, 0) is 19.2 Å². The van der Waals surface area contributed by atoms with Crippen LogP contribution in [0.5, 0.6) is 0 Å². The van der Waals surface area contributed by atoms with Crippen molar-refractivity contribution >= 4 is 23.3 Å². The summed E-state index contributed by atoms with van der Waals surface area (Å²) in [7, 11) is 0. The van der Waals surface area contributed by atoms with E-state index in [1.54, 1.807) is 0 Å². The Bertz CT molecular complexity index is 1480. The van der Waals surface area contributed by atoms with Gasteiger partial charge in [-0.25, -0.2) is 0 Å². The van der Waals surface area contributed by atoms with Gasteiger partial charge in [-0.3, -0.25) is 19.2 Å². The summed E-state index contributed by atoms with van der Waals surface area (Å²) in [5.41, 5.74) is -3.25. The summed E-state index contributed by atoms with van der Waals surface area (Å²) in [6.45, 7) is 20.7. The molecule has 4 saturated carbocycles. The van der Waals surface area contributed by atoms with Crippen LogP contribution >= 0.6 is 0 Å². The minimum absolute atomic E-state index is 0.0564. The second-order valence-electron chi connectivity index (χ2n) is 17.7. The lowest BCUT2D eigenvalue weighted by atomic mass is 9.39. The smallest absolute Gasteiger partial charge is 0.309 e. The van der Waals surface area contributed by atoms with Crippen LogP contribution in [0.1, 0.15) is 120 Å². The summed E-state index contributed by atoms with van der Waals surface area (Å²) in [6, 6.07) is 0. The molecule has 6 aliphatic carbocycles. The van der Waals surface area contributed by atoms with Crippen LogP contribution in [0, 0.1) is 62.1 Å². The monoisotopic (exact) mass is 618 g/mol. The fourth-order valence-electron chi connectivity index (χ4n) is 13.1. The highest BCUT2D eigenvalue weighted by Crippen LogP contribution is 2.79. The van der Waals surface area contributed by atoms with E-state index in [0.717, 1.165) is 43.3 Å². The number of hydrogen-bond acceptors (Lipinski definition) is 5. The third-order valence-electron chi connectivity index (χ3n) is 15.1. The molecule has 0 unspecified atom stereocenters. The van der Waals surface area contributed by atoms with Crippen LogP contribution in [0.3, 0.4) is 0 Å². The molecule has 2 N–H and O–H groups in total. The maximum Gasteiger partial charge on any atom is 0.309 e. The number of hydrogen-bond donors (Lipinski definition) is 2. The zero-order valence-electron chi connectivity index (χ0n) is 28.8. The first kappa shape index (κ1) is 32.4. The average molecular weight is 619 g/mol. The molecule has 0 radical (unpaired) electrons. The van der Waals surface area contributed by atoms with Crippen molar-refractivity contribution < 1.29 is 29.4 Å². The van der Waals surface area contributed by atoms with Gasteiger partial charge in [0.1, 0.15) is 5.41 Å². The zero-order valence-corrected chi connectivity index (χ0v) is 28.8. The SMILES string of the molecule is C=C1CC[C@@H]2[C@](C)(CCC[C@@]2(C)C(=O)O)[C@H]1C[C@H]1C(C)=CC[C@@]23C(=O)C(O)=C(C(C)C)C(=O)[C@@]12C(=O)[C@H]1C(C)(C)CCC[C@@]13C. The molecule has 6 rings (SSSR count). The van der Waals surface area contributed by atoms with Crippen molar-refractivity contribution in [3.05, 3.63) is 35.1 Å². The molecule has 0 aliphatic heterocycles. The maximum atomic E-state index is 15.6. The minimum Gasteiger partial charge on any atom is -0.504 e. The van der Waals surface area contributed by atoms with E-state index < -0.39 is 62.3 Å². The Morgan fingerprint density at radius 2 is 1.62 bits per heavy atom. The molecular formula is C39H54O6. The van der Waals surface area contributed by atoms with E-state index >= 15 is 9.59 Å². The number of allylic oxidation sites excluding steroid dienone is 5. The van der Waals surface area contributed by atoms with Gasteiger partial charge in [-0.1, -0.05) is 78.2 Å². The first-order valence-corrected chi connectivity index (χ1v) is 17.5. The number of ketones is 3. The number of rotatable bonds is 4. The zero-order chi connectivity index (χ0) is 33.3. The highest BCUT2D eigenvalue weighted by Gasteiger charge is 2.85. The van der Waals surface area contributed by atoms with Gasteiger partial charge in [0, 0.05) is 17.4 Å². The Kier molecular flexibility index (Phi) is 7.04. The van der Waals surface area contributed by atoms with Crippen molar-refractivity contribution in [3.63, 3.8) is 0 Å². The minimum atomic E-state index is -1.61. The number of carboxylic acid groups (broad SMARTS) is 1. The Labute approximate surface area is 269 Å². The van der Waals surface area contributed by atoms with Gasteiger partial charge in [0.2, 0.25) is 5.78 Å². The summed E-state index contributed by atoms with van der Waals surface area (Å²) < 4.78 is 0. The molecule has 246 valence electrons. The second-order valence-corrected chi connectivity index (χ2v) is 17.7. The molecule has 0 bridgehead atoms. The molecule has 9 atom stereocenters. The highest BCUT2D eigenvalue weighted by atomic mass is 16.4. The van der Waals surface area contributed by atoms with Crippen molar-refractivity contribution in [2.75, 3.05) is 0 Å². The summed E-state index contributed by atoms with van der Waals surface area (Å²) in [6.07, 6.45) is 8.98. The molecule has 0 spiro atoms. The quantitative estimate of drug-likeness (QED) is 0.243. The first-order valence-electron chi connectivity index (χ1n) is 17.5. The van der Waals surface area contributed by atoms with E-state index in [9.17, 15) is 19.8 Å². The first-order chi connectivity index (χ1) is 20.8. The molecule has 6 heteroatoms. The van der Waals surface area contributed by atoms with E-state index in [-0.39, 0.29) is 40.8 Å². The lowest BCUT2D eigenvalue weighted by Crippen LogP contribution is -2.66. The normalized spacial score (nSPS) is 45.9. The third-order valence-corrected chi connectivity index (χ3v) is 15.1. The third kappa shape index (κ3) is 3.58. The molecule has 0 aromatic carbocycles. The highest BCUT2D eigenvalue weighted by molar-refractivity contribution is 6.28. The molecule has 6 nitrogen and oxygen atoms in total. The van der Waals surface area contributed by atoms with Gasteiger partial charge in [-0.2, -0.15) is 0 Å². The van der Waals surface area contributed by atoms with Crippen LogP contribution in [0.15, 0.2) is 35.1 Å². The number of aliphatic hydroxyl groups excluding tert-OH is 1. The van der Waals surface area contributed by atoms with E-state index in [4.69, 9.17) is 0 Å². The van der Waals surface area contributed by atoms with Gasteiger partial charge in [0.05, 0.1) is 10.8 Å². The van der Waals surface area contributed by atoms with Crippen LogP contribution < -0.4 is 0 Å². The Morgan fingerprint density at radius 1 is 0.978 bits per heavy atom. The molecule has 0 saturated heterocycles. The van der Waals surface area contributed by atoms with Gasteiger partial charge in [-0.15, -0.1) is 0 Å². The predicted molar refractivity (Wildman–Crippen MR) is 173 cm³/mol. The lowest BCUT2D eigenvalue weighted by molar-refractivity contribution is -0.171. The number of Topliss-reactive ketones (excluding diaryl/α,β-unsaturated/α-hetero) is 3. The number of carbonyl (C=O) groups is 4. The second kappa shape index (κ2) is 9.76. The van der Waals surface area contributed by atoms with Gasteiger partial charge >= 0.3 is 5.97 Å². The van der Waals surface area contributed by atoms with Gasteiger partial charge < -0.3 is 10.2 Å². The molecule has 45 heavy (non-hydrogen) atoms. The van der Waals surface area contributed by atoms with Crippen molar-refractivity contribution in [1.82, 2.24) is 0 Å². The van der Waals surface area contributed by atoms with Crippen molar-refractivity contribution in [3.8, 4) is 0 Å². The molecule has 0 aromatic rings. The van der Waals surface area contributed by atoms with Crippen LogP contribution in [0.2, 0.25) is 0 Å². The molecule has 0 aromatic heterocycles. The van der Waals surface area contributed by atoms with Crippen LogP contribution in [0.25, 0.3) is 0 Å². The molecule has 0 amide bonds. The Morgan fingerprint density at radius 3 is 2.24 bits per heavy atom. The van der Waals surface area contributed by atoms with Crippen molar-refractivity contribution in [2.24, 2.45) is 62.1 Å². The molecule has 0 heterocycles. The van der Waals surface area contributed by atoms with Gasteiger partial charge in [-0.05, 0) is 99.2 Å². The van der Waals surface area contributed by atoms with E-state index in [1.807, 2.05) is 27.7 Å². The topological polar surface area (TPSA) is 109 Å². The Hall–Kier alpha value is -2.50.